The van der Waals surface area contributed by atoms with Gasteiger partial charge in [-0.15, -0.1) is 0 Å². The van der Waals surface area contributed by atoms with Gasteiger partial charge in [0.25, 0.3) is 0 Å². The van der Waals surface area contributed by atoms with Crippen LogP contribution in [0.1, 0.15) is 16.7 Å². The van der Waals surface area contributed by atoms with Gasteiger partial charge in [0.05, 0.1) is 19.8 Å². The molecule has 0 saturated heterocycles. The maximum absolute atomic E-state index is 8.54. The Kier molecular flexibility index (Phi) is 3.93. The summed E-state index contributed by atoms with van der Waals surface area (Å²) in [5, 5.41) is 8.54. The van der Waals surface area contributed by atoms with Gasteiger partial charge >= 0.3 is 0 Å². The highest BCUT2D eigenvalue weighted by molar-refractivity contribution is 5.29. The van der Waals surface area contributed by atoms with E-state index in [9.17, 15) is 0 Å². The third-order valence-electron chi connectivity index (χ3n) is 2.00. The Balaban J connectivity index is 2.59. The molecule has 0 unspecified atom stereocenters. The molecule has 0 aromatic heterocycles. The average Bonchev–Trinajstić information content (AvgIpc) is 2.11. The van der Waals surface area contributed by atoms with Gasteiger partial charge in [-0.05, 0) is 25.0 Å². The molecule has 0 fully saturated rings. The van der Waals surface area contributed by atoms with Gasteiger partial charge in [-0.25, -0.2) is 0 Å². The molecule has 2 heteroatoms. The molecule has 0 aliphatic carbocycles. The lowest BCUT2D eigenvalue weighted by atomic mass is 10.1. The molecule has 0 radical (unpaired) electrons. The van der Waals surface area contributed by atoms with Crippen molar-refractivity contribution in [2.24, 2.45) is 0 Å². The fourth-order valence-corrected chi connectivity index (χ4v) is 1.20. The van der Waals surface area contributed by atoms with Crippen molar-refractivity contribution in [3.05, 3.63) is 34.9 Å². The summed E-state index contributed by atoms with van der Waals surface area (Å²) in [5.74, 6) is 0. The molecule has 1 aromatic rings. The monoisotopic (exact) mass is 180 g/mol. The zero-order valence-corrected chi connectivity index (χ0v) is 8.21. The molecular formula is C11H16O2. The van der Waals surface area contributed by atoms with Crippen LogP contribution in [0, 0.1) is 13.8 Å². The van der Waals surface area contributed by atoms with E-state index in [4.69, 9.17) is 9.84 Å². The third kappa shape index (κ3) is 3.17. The summed E-state index contributed by atoms with van der Waals surface area (Å²) >= 11 is 0. The van der Waals surface area contributed by atoms with Crippen LogP contribution in [-0.4, -0.2) is 18.3 Å². The predicted molar refractivity (Wildman–Crippen MR) is 52.7 cm³/mol. The van der Waals surface area contributed by atoms with Gasteiger partial charge in [0.1, 0.15) is 0 Å². The van der Waals surface area contributed by atoms with Crippen LogP contribution < -0.4 is 0 Å². The summed E-state index contributed by atoms with van der Waals surface area (Å²) in [4.78, 5) is 0. The molecule has 0 saturated carbocycles. The summed E-state index contributed by atoms with van der Waals surface area (Å²) in [6.07, 6.45) is 0. The second kappa shape index (κ2) is 5.00. The smallest absolute Gasteiger partial charge is 0.0720 e. The molecular weight excluding hydrogens is 164 g/mol. The van der Waals surface area contributed by atoms with Crippen LogP contribution in [0.3, 0.4) is 0 Å². The Morgan fingerprint density at radius 1 is 1.31 bits per heavy atom. The molecule has 0 aliphatic rings. The molecule has 0 aliphatic heterocycles. The van der Waals surface area contributed by atoms with Crippen LogP contribution in [0.25, 0.3) is 0 Å². The summed E-state index contributed by atoms with van der Waals surface area (Å²) in [6.45, 7) is 5.22. The highest BCUT2D eigenvalue weighted by Gasteiger charge is 1.98. The molecule has 72 valence electrons. The molecule has 1 N–H and O–H groups in total. The molecule has 1 aromatic carbocycles. The number of benzene rings is 1. The number of rotatable bonds is 4. The Hall–Kier alpha value is -0.860. The standard InChI is InChI=1S/C11H16O2/c1-9-3-4-10(2)11(7-9)8-13-6-5-12/h3-4,7,12H,5-6,8H2,1-2H3. The molecule has 0 bridgehead atoms. The minimum atomic E-state index is 0.0882. The van der Waals surface area contributed by atoms with Crippen molar-refractivity contribution in [1.82, 2.24) is 0 Å². The van der Waals surface area contributed by atoms with E-state index in [1.807, 2.05) is 0 Å². The van der Waals surface area contributed by atoms with Gasteiger partial charge in [0, 0.05) is 0 Å². The Bertz CT molecular complexity index is 269. The maximum Gasteiger partial charge on any atom is 0.0720 e. The second-order valence-electron chi connectivity index (χ2n) is 3.21. The van der Waals surface area contributed by atoms with E-state index in [1.165, 1.54) is 16.7 Å². The number of ether oxygens (including phenoxy) is 1. The number of hydrogen-bond acceptors (Lipinski definition) is 2. The topological polar surface area (TPSA) is 29.5 Å². The zero-order chi connectivity index (χ0) is 9.68. The van der Waals surface area contributed by atoms with Crippen molar-refractivity contribution in [2.75, 3.05) is 13.2 Å². The van der Waals surface area contributed by atoms with Crippen LogP contribution in [0.15, 0.2) is 18.2 Å². The van der Waals surface area contributed by atoms with E-state index in [2.05, 4.69) is 32.0 Å². The second-order valence-corrected chi connectivity index (χ2v) is 3.21. The van der Waals surface area contributed by atoms with Crippen LogP contribution in [0.2, 0.25) is 0 Å². The first-order valence-electron chi connectivity index (χ1n) is 4.49. The highest BCUT2D eigenvalue weighted by atomic mass is 16.5. The Morgan fingerprint density at radius 2 is 2.08 bits per heavy atom. The largest absolute Gasteiger partial charge is 0.394 e. The van der Waals surface area contributed by atoms with Crippen LogP contribution in [-0.2, 0) is 11.3 Å². The van der Waals surface area contributed by atoms with Gasteiger partial charge in [-0.1, -0.05) is 23.8 Å². The lowest BCUT2D eigenvalue weighted by Crippen LogP contribution is -2.00. The predicted octanol–water partition coefficient (Wildman–Crippen LogP) is 1.81. The van der Waals surface area contributed by atoms with Crippen molar-refractivity contribution in [1.29, 1.82) is 0 Å². The summed E-state index contributed by atoms with van der Waals surface area (Å²) in [5.41, 5.74) is 3.69. The van der Waals surface area contributed by atoms with Crippen LogP contribution in [0.4, 0.5) is 0 Å². The SMILES string of the molecule is Cc1ccc(C)c(COCCO)c1. The van der Waals surface area contributed by atoms with E-state index in [-0.39, 0.29) is 6.61 Å². The average molecular weight is 180 g/mol. The number of hydrogen-bond donors (Lipinski definition) is 1. The zero-order valence-electron chi connectivity index (χ0n) is 8.21. The maximum atomic E-state index is 8.54. The number of aliphatic hydroxyl groups is 1. The van der Waals surface area contributed by atoms with Crippen molar-refractivity contribution >= 4 is 0 Å². The lowest BCUT2D eigenvalue weighted by molar-refractivity contribution is 0.0812. The van der Waals surface area contributed by atoms with Crippen LogP contribution in [0.5, 0.6) is 0 Å². The van der Waals surface area contributed by atoms with E-state index in [0.717, 1.165) is 0 Å². The van der Waals surface area contributed by atoms with Gasteiger partial charge < -0.3 is 9.84 Å². The van der Waals surface area contributed by atoms with E-state index in [0.29, 0.717) is 13.2 Å². The van der Waals surface area contributed by atoms with E-state index < -0.39 is 0 Å². The third-order valence-corrected chi connectivity index (χ3v) is 2.00. The Labute approximate surface area is 79.2 Å². The summed E-state index contributed by atoms with van der Waals surface area (Å²) in [7, 11) is 0. The van der Waals surface area contributed by atoms with Crippen molar-refractivity contribution in [3.63, 3.8) is 0 Å². The lowest BCUT2D eigenvalue weighted by Gasteiger charge is -2.07. The summed E-state index contributed by atoms with van der Waals surface area (Å²) in [6, 6.07) is 6.30. The van der Waals surface area contributed by atoms with Crippen molar-refractivity contribution in [2.45, 2.75) is 20.5 Å². The minimum Gasteiger partial charge on any atom is -0.394 e. The molecule has 0 heterocycles. The molecule has 1 rings (SSSR count). The quantitative estimate of drug-likeness (QED) is 0.716. The fourth-order valence-electron chi connectivity index (χ4n) is 1.20. The highest BCUT2D eigenvalue weighted by Crippen LogP contribution is 2.11. The minimum absolute atomic E-state index is 0.0882. The first kappa shape index (κ1) is 10.2. The molecule has 13 heavy (non-hydrogen) atoms. The molecule has 0 spiro atoms. The Morgan fingerprint density at radius 3 is 2.77 bits per heavy atom. The normalized spacial score (nSPS) is 10.4. The van der Waals surface area contributed by atoms with E-state index in [1.54, 1.807) is 0 Å². The first-order chi connectivity index (χ1) is 6.24. The molecule has 0 atom stereocenters. The van der Waals surface area contributed by atoms with Crippen molar-refractivity contribution in [3.8, 4) is 0 Å². The van der Waals surface area contributed by atoms with Gasteiger partial charge in [-0.3, -0.25) is 0 Å². The first-order valence-corrected chi connectivity index (χ1v) is 4.49. The van der Waals surface area contributed by atoms with E-state index >= 15 is 0 Å². The summed E-state index contributed by atoms with van der Waals surface area (Å²) < 4.78 is 5.25. The molecule has 0 amide bonds. The number of aryl methyl sites for hydroxylation is 2. The van der Waals surface area contributed by atoms with Gasteiger partial charge in [0.15, 0.2) is 0 Å². The fraction of sp³-hybridized carbons (Fsp3) is 0.455. The van der Waals surface area contributed by atoms with Gasteiger partial charge in [0.2, 0.25) is 0 Å². The van der Waals surface area contributed by atoms with Crippen molar-refractivity contribution < 1.29 is 9.84 Å². The van der Waals surface area contributed by atoms with Gasteiger partial charge in [-0.2, -0.15) is 0 Å². The van der Waals surface area contributed by atoms with Crippen LogP contribution >= 0.6 is 0 Å². The number of aliphatic hydroxyl groups excluding tert-OH is 1. The molecule has 2 nitrogen and oxygen atoms in total.